The van der Waals surface area contributed by atoms with E-state index in [-0.39, 0.29) is 18.2 Å². The van der Waals surface area contributed by atoms with Crippen LogP contribution in [0.25, 0.3) is 0 Å². The minimum atomic E-state index is -5.00. The first-order valence-corrected chi connectivity index (χ1v) is 12.1. The first kappa shape index (κ1) is 28.4. The lowest BCUT2D eigenvalue weighted by Gasteiger charge is -2.18. The van der Waals surface area contributed by atoms with Crippen LogP contribution in [0.5, 0.6) is 5.75 Å². The summed E-state index contributed by atoms with van der Waals surface area (Å²) in [6.45, 7) is -0.191. The Bertz CT molecular complexity index is 1270. The van der Waals surface area contributed by atoms with Crippen LogP contribution >= 0.6 is 11.3 Å². The molecule has 0 saturated carbocycles. The van der Waals surface area contributed by atoms with E-state index in [2.05, 4.69) is 30.7 Å². The van der Waals surface area contributed by atoms with Crippen molar-refractivity contribution in [2.75, 3.05) is 25.5 Å². The molecule has 0 bridgehead atoms. The number of aryl methyl sites for hydroxylation is 1. The highest BCUT2D eigenvalue weighted by Crippen LogP contribution is 2.31. The van der Waals surface area contributed by atoms with Crippen LogP contribution < -0.4 is 16.0 Å². The number of nitrogens with zero attached hydrogens (tertiary/aromatic N) is 2. The van der Waals surface area contributed by atoms with E-state index in [1.54, 1.807) is 35.7 Å². The summed E-state index contributed by atoms with van der Waals surface area (Å²) in [5.74, 6) is -2.99. The van der Waals surface area contributed by atoms with Gasteiger partial charge in [-0.05, 0) is 42.0 Å². The number of hydrogen-bond donors (Lipinski definition) is 4. The molecule has 2 amide bonds. The highest BCUT2D eigenvalue weighted by molar-refractivity contribution is 7.12. The molecule has 4 N–H and O–H groups in total. The van der Waals surface area contributed by atoms with E-state index in [0.29, 0.717) is 23.9 Å². The molecule has 1 aromatic carbocycles. The number of esters is 1. The van der Waals surface area contributed by atoms with Crippen molar-refractivity contribution < 1.29 is 37.4 Å². The molecule has 0 aliphatic rings. The maximum absolute atomic E-state index is 13.7. The van der Waals surface area contributed by atoms with Gasteiger partial charge in [0.2, 0.25) is 5.95 Å². The molecule has 0 fully saturated rings. The van der Waals surface area contributed by atoms with E-state index < -0.39 is 47.8 Å². The third kappa shape index (κ3) is 7.90. The summed E-state index contributed by atoms with van der Waals surface area (Å²) >= 11 is 1.15. The number of thiophene rings is 1. The van der Waals surface area contributed by atoms with E-state index >= 15 is 0 Å². The molecular formula is C24H24F3N5O5S. The maximum Gasteiger partial charge on any atom is 0.434 e. The van der Waals surface area contributed by atoms with Gasteiger partial charge in [0.15, 0.2) is 5.69 Å². The van der Waals surface area contributed by atoms with Gasteiger partial charge in [0.05, 0.1) is 17.6 Å². The van der Waals surface area contributed by atoms with Crippen LogP contribution in [0.2, 0.25) is 0 Å². The molecular weight excluding hydrogens is 527 g/mol. The standard InChI is InChI=1S/C24H24F3N5O5S/c1-37-22(36)17(13-29-21(35)18-8-4-10-38-18)31-20(34)16-12-30-23(32-19(16)24(25,26)27)28-9-3-6-14-5-2-7-15(33)11-14/h2,4-5,7-8,10-12,17,33H,3,6,9,13H2,1H3,(H,29,35)(H,31,34)(H,28,30,32). The summed E-state index contributed by atoms with van der Waals surface area (Å²) in [4.78, 5) is 44.6. The SMILES string of the molecule is COC(=O)C(CNC(=O)c1cccs1)NC(=O)c1cnc(NCCCc2cccc(O)c2)nc1C(F)(F)F. The number of halogens is 3. The average Bonchev–Trinajstić information content (AvgIpc) is 3.43. The number of carbonyl (C=O) groups excluding carboxylic acids is 3. The second kappa shape index (κ2) is 12.9. The van der Waals surface area contributed by atoms with Gasteiger partial charge in [-0.2, -0.15) is 13.2 Å². The zero-order valence-electron chi connectivity index (χ0n) is 20.0. The van der Waals surface area contributed by atoms with Crippen molar-refractivity contribution in [1.29, 1.82) is 0 Å². The Kier molecular flexibility index (Phi) is 9.60. The number of methoxy groups -OCH3 is 1. The molecule has 1 unspecified atom stereocenters. The van der Waals surface area contributed by atoms with Crippen molar-refractivity contribution in [3.63, 3.8) is 0 Å². The Balaban J connectivity index is 1.67. The second-order valence-electron chi connectivity index (χ2n) is 7.89. The number of phenols is 1. The van der Waals surface area contributed by atoms with Crippen LogP contribution in [0.4, 0.5) is 19.1 Å². The van der Waals surface area contributed by atoms with Gasteiger partial charge >= 0.3 is 12.1 Å². The number of anilines is 1. The van der Waals surface area contributed by atoms with Gasteiger partial charge in [0.25, 0.3) is 11.8 Å². The molecule has 3 rings (SSSR count). The number of hydrogen-bond acceptors (Lipinski definition) is 9. The van der Waals surface area contributed by atoms with Crippen molar-refractivity contribution >= 4 is 35.1 Å². The predicted octanol–water partition coefficient (Wildman–Crippen LogP) is 3.01. The third-order valence-corrected chi connectivity index (χ3v) is 6.01. The van der Waals surface area contributed by atoms with Gasteiger partial charge in [-0.3, -0.25) is 9.59 Å². The normalized spacial score (nSPS) is 11.9. The van der Waals surface area contributed by atoms with Gasteiger partial charge in [0.1, 0.15) is 11.8 Å². The Morgan fingerprint density at radius 3 is 2.61 bits per heavy atom. The number of nitrogens with one attached hydrogen (secondary N) is 3. The number of aromatic nitrogens is 2. The molecule has 3 aromatic rings. The summed E-state index contributed by atoms with van der Waals surface area (Å²) in [6, 6.07) is 8.32. The summed E-state index contributed by atoms with van der Waals surface area (Å²) in [7, 11) is 1.04. The molecule has 0 saturated heterocycles. The van der Waals surface area contributed by atoms with E-state index in [1.165, 1.54) is 6.07 Å². The fraction of sp³-hybridized carbons (Fsp3) is 0.292. The lowest BCUT2D eigenvalue weighted by molar-refractivity contribution is -0.142. The number of ether oxygens (including phenoxy) is 1. The number of rotatable bonds is 11. The van der Waals surface area contributed by atoms with Crippen LogP contribution in [0, 0.1) is 0 Å². The maximum atomic E-state index is 13.7. The lowest BCUT2D eigenvalue weighted by Crippen LogP contribution is -2.49. The number of amides is 2. The molecule has 2 aromatic heterocycles. The summed E-state index contributed by atoms with van der Waals surface area (Å²) in [5.41, 5.74) is -1.55. The number of carbonyl (C=O) groups is 3. The molecule has 0 aliphatic heterocycles. The molecule has 2 heterocycles. The second-order valence-corrected chi connectivity index (χ2v) is 8.84. The van der Waals surface area contributed by atoms with E-state index in [0.717, 1.165) is 24.0 Å². The smallest absolute Gasteiger partial charge is 0.434 e. The van der Waals surface area contributed by atoms with E-state index in [4.69, 9.17) is 0 Å². The molecule has 0 aliphatic carbocycles. The minimum absolute atomic E-state index is 0.113. The zero-order valence-corrected chi connectivity index (χ0v) is 20.9. The van der Waals surface area contributed by atoms with Gasteiger partial charge < -0.3 is 25.8 Å². The van der Waals surface area contributed by atoms with Gasteiger partial charge in [-0.25, -0.2) is 14.8 Å². The molecule has 1 atom stereocenters. The number of aromatic hydroxyl groups is 1. The molecule has 0 spiro atoms. The predicted molar refractivity (Wildman–Crippen MR) is 132 cm³/mol. The number of benzene rings is 1. The summed E-state index contributed by atoms with van der Waals surface area (Å²) < 4.78 is 45.8. The topological polar surface area (TPSA) is 143 Å². The van der Waals surface area contributed by atoms with Crippen molar-refractivity contribution in [1.82, 2.24) is 20.6 Å². The van der Waals surface area contributed by atoms with Crippen LogP contribution in [-0.4, -0.2) is 59.1 Å². The fourth-order valence-electron chi connectivity index (χ4n) is 3.32. The van der Waals surface area contributed by atoms with Gasteiger partial charge in [0, 0.05) is 19.3 Å². The van der Waals surface area contributed by atoms with Crippen LogP contribution in [0.1, 0.15) is 37.7 Å². The monoisotopic (exact) mass is 551 g/mol. The number of phenolic OH excluding ortho intramolecular Hbond substituents is 1. The van der Waals surface area contributed by atoms with E-state index in [9.17, 15) is 32.7 Å². The number of alkyl halides is 3. The third-order valence-electron chi connectivity index (χ3n) is 5.14. The first-order valence-electron chi connectivity index (χ1n) is 11.2. The quantitative estimate of drug-likeness (QED) is 0.211. The zero-order chi connectivity index (χ0) is 27.7. The molecule has 202 valence electrons. The van der Waals surface area contributed by atoms with Crippen molar-refractivity contribution in [3.05, 3.63) is 69.7 Å². The molecule has 10 nitrogen and oxygen atoms in total. The Morgan fingerprint density at radius 1 is 1.16 bits per heavy atom. The molecule has 38 heavy (non-hydrogen) atoms. The van der Waals surface area contributed by atoms with E-state index in [1.807, 2.05) is 0 Å². The largest absolute Gasteiger partial charge is 0.508 e. The summed E-state index contributed by atoms with van der Waals surface area (Å²) in [5, 5.41) is 18.4. The van der Waals surface area contributed by atoms with Gasteiger partial charge in [-0.1, -0.05) is 18.2 Å². The van der Waals surface area contributed by atoms with Crippen LogP contribution in [0.3, 0.4) is 0 Å². The Hall–Kier alpha value is -4.20. The fourth-order valence-corrected chi connectivity index (χ4v) is 3.96. The Morgan fingerprint density at radius 2 is 1.95 bits per heavy atom. The Labute approximate surface area is 219 Å². The molecule has 14 heteroatoms. The van der Waals surface area contributed by atoms with Gasteiger partial charge in [-0.15, -0.1) is 11.3 Å². The first-order chi connectivity index (χ1) is 18.1. The van der Waals surface area contributed by atoms with Crippen molar-refractivity contribution in [2.45, 2.75) is 25.1 Å². The molecule has 0 radical (unpaired) electrons. The van der Waals surface area contributed by atoms with Crippen LogP contribution in [-0.2, 0) is 22.1 Å². The lowest BCUT2D eigenvalue weighted by atomic mass is 10.1. The van der Waals surface area contributed by atoms with Crippen LogP contribution in [0.15, 0.2) is 48.0 Å². The van der Waals surface area contributed by atoms with Crippen molar-refractivity contribution in [3.8, 4) is 5.75 Å². The highest BCUT2D eigenvalue weighted by Gasteiger charge is 2.39. The average molecular weight is 552 g/mol. The summed E-state index contributed by atoms with van der Waals surface area (Å²) in [6.07, 6.45) is -3.23. The van der Waals surface area contributed by atoms with Crippen molar-refractivity contribution in [2.24, 2.45) is 0 Å². The highest BCUT2D eigenvalue weighted by atomic mass is 32.1. The minimum Gasteiger partial charge on any atom is -0.508 e.